The van der Waals surface area contributed by atoms with E-state index in [0.717, 1.165) is 27.6 Å². The minimum Gasteiger partial charge on any atom is -0.437 e. The standard InChI is InChI=1S/C18H14N2O/c1-11-10-12(2)20-18-16(11)14-7-5-6-13(17(14)21-18)15-8-3-4-9-19-15/h3-10H,1-2H3/i2D3. The molecule has 3 nitrogen and oxygen atoms in total. The molecule has 3 heteroatoms. The van der Waals surface area contributed by atoms with E-state index in [4.69, 9.17) is 8.53 Å². The first-order valence-electron chi connectivity index (χ1n) is 8.20. The van der Waals surface area contributed by atoms with E-state index in [1.54, 1.807) is 12.3 Å². The van der Waals surface area contributed by atoms with Gasteiger partial charge in [0.15, 0.2) is 0 Å². The van der Waals surface area contributed by atoms with E-state index in [1.807, 2.05) is 43.3 Å². The number of aromatic nitrogens is 2. The predicted molar refractivity (Wildman–Crippen MR) is 84.2 cm³/mol. The van der Waals surface area contributed by atoms with Crippen LogP contribution in [0, 0.1) is 13.8 Å². The predicted octanol–water partition coefficient (Wildman–Crippen LogP) is 4.66. The Morgan fingerprint density at radius 3 is 2.90 bits per heavy atom. The Bertz CT molecular complexity index is 1050. The van der Waals surface area contributed by atoms with Gasteiger partial charge in [-0.2, -0.15) is 0 Å². The van der Waals surface area contributed by atoms with Crippen LogP contribution in [0.3, 0.4) is 0 Å². The van der Waals surface area contributed by atoms with Gasteiger partial charge in [0.25, 0.3) is 0 Å². The highest BCUT2D eigenvalue weighted by molar-refractivity contribution is 6.09. The average Bonchev–Trinajstić information content (AvgIpc) is 2.93. The fraction of sp³-hybridized carbons (Fsp3) is 0.111. The summed E-state index contributed by atoms with van der Waals surface area (Å²) in [4.78, 5) is 8.61. The number of aryl methyl sites for hydroxylation is 2. The van der Waals surface area contributed by atoms with Crippen molar-refractivity contribution in [2.24, 2.45) is 0 Å². The number of hydrogen-bond acceptors (Lipinski definition) is 3. The van der Waals surface area contributed by atoms with Crippen molar-refractivity contribution in [1.29, 1.82) is 0 Å². The highest BCUT2D eigenvalue weighted by Gasteiger charge is 2.15. The average molecular weight is 277 g/mol. The van der Waals surface area contributed by atoms with Crippen molar-refractivity contribution < 1.29 is 8.53 Å². The van der Waals surface area contributed by atoms with Crippen molar-refractivity contribution in [3.05, 3.63) is 59.9 Å². The number of nitrogens with zero attached hydrogens (tertiary/aromatic N) is 2. The van der Waals surface area contributed by atoms with E-state index in [1.165, 1.54) is 0 Å². The second-order valence-electron chi connectivity index (χ2n) is 5.00. The van der Waals surface area contributed by atoms with Gasteiger partial charge in [-0.25, -0.2) is 4.98 Å². The van der Waals surface area contributed by atoms with Gasteiger partial charge in [0.1, 0.15) is 5.58 Å². The van der Waals surface area contributed by atoms with E-state index in [0.29, 0.717) is 11.3 Å². The van der Waals surface area contributed by atoms with Crippen molar-refractivity contribution in [3.63, 3.8) is 0 Å². The van der Waals surface area contributed by atoms with Gasteiger partial charge in [-0.15, -0.1) is 0 Å². The number of para-hydroxylation sites is 1. The van der Waals surface area contributed by atoms with Crippen LogP contribution in [-0.4, -0.2) is 9.97 Å². The minimum atomic E-state index is -2.26. The van der Waals surface area contributed by atoms with Crippen LogP contribution in [0.5, 0.6) is 0 Å². The molecule has 1 aromatic carbocycles. The molecule has 4 rings (SSSR count). The normalized spacial score (nSPS) is 14.0. The van der Waals surface area contributed by atoms with Gasteiger partial charge in [0.2, 0.25) is 5.71 Å². The summed E-state index contributed by atoms with van der Waals surface area (Å²) in [6.07, 6.45) is 1.73. The fourth-order valence-corrected chi connectivity index (χ4v) is 2.71. The second kappa shape index (κ2) is 4.42. The molecule has 0 atom stereocenters. The molecule has 0 aliphatic rings. The molecule has 3 aromatic heterocycles. The van der Waals surface area contributed by atoms with Gasteiger partial charge >= 0.3 is 0 Å². The lowest BCUT2D eigenvalue weighted by Gasteiger charge is -2.00. The fourth-order valence-electron chi connectivity index (χ4n) is 2.71. The Morgan fingerprint density at radius 1 is 1.14 bits per heavy atom. The van der Waals surface area contributed by atoms with Crippen LogP contribution in [0.4, 0.5) is 0 Å². The van der Waals surface area contributed by atoms with Crippen molar-refractivity contribution in [1.82, 2.24) is 9.97 Å². The van der Waals surface area contributed by atoms with E-state index in [-0.39, 0.29) is 5.69 Å². The summed E-state index contributed by atoms with van der Waals surface area (Å²) in [5.41, 5.74) is 3.56. The lowest BCUT2D eigenvalue weighted by atomic mass is 10.0. The summed E-state index contributed by atoms with van der Waals surface area (Å²) in [7, 11) is 0. The molecule has 0 aliphatic carbocycles. The molecule has 0 N–H and O–H groups in total. The van der Waals surface area contributed by atoms with Crippen LogP contribution in [-0.2, 0) is 0 Å². The summed E-state index contributed by atoms with van der Waals surface area (Å²) in [6, 6.07) is 13.1. The van der Waals surface area contributed by atoms with Crippen LogP contribution in [0.15, 0.2) is 53.1 Å². The molecule has 0 radical (unpaired) electrons. The summed E-state index contributed by atoms with van der Waals surface area (Å²) in [5, 5.41) is 1.76. The molecule has 0 amide bonds. The molecule has 0 saturated carbocycles. The molecule has 0 bridgehead atoms. The molecule has 21 heavy (non-hydrogen) atoms. The third-order valence-electron chi connectivity index (χ3n) is 3.61. The Hall–Kier alpha value is -2.68. The Labute approximate surface area is 126 Å². The maximum atomic E-state index is 7.58. The first-order valence-corrected chi connectivity index (χ1v) is 6.70. The van der Waals surface area contributed by atoms with Crippen LogP contribution in [0.25, 0.3) is 33.3 Å². The molecule has 4 aromatic rings. The Morgan fingerprint density at radius 2 is 2.10 bits per heavy atom. The second-order valence-corrected chi connectivity index (χ2v) is 5.00. The number of furan rings is 1. The number of fused-ring (bicyclic) bond motifs is 3. The van der Waals surface area contributed by atoms with E-state index in [2.05, 4.69) is 9.97 Å². The molecule has 102 valence electrons. The highest BCUT2D eigenvalue weighted by atomic mass is 16.3. The van der Waals surface area contributed by atoms with Crippen LogP contribution in [0.2, 0.25) is 0 Å². The lowest BCUT2D eigenvalue weighted by molar-refractivity contribution is 0.653. The molecule has 0 spiro atoms. The summed E-state index contributed by atoms with van der Waals surface area (Å²) < 4.78 is 28.7. The van der Waals surface area contributed by atoms with Crippen molar-refractivity contribution >= 4 is 22.1 Å². The zero-order valence-electron chi connectivity index (χ0n) is 14.4. The van der Waals surface area contributed by atoms with Crippen molar-refractivity contribution in [2.75, 3.05) is 0 Å². The van der Waals surface area contributed by atoms with Gasteiger partial charge in [0.05, 0.1) is 11.1 Å². The van der Waals surface area contributed by atoms with Gasteiger partial charge in [-0.1, -0.05) is 18.2 Å². The molecule has 0 aliphatic heterocycles. The highest BCUT2D eigenvalue weighted by Crippen LogP contribution is 2.35. The number of hydrogen-bond donors (Lipinski definition) is 0. The summed E-state index contributed by atoms with van der Waals surface area (Å²) in [5.74, 6) is 0. The number of benzene rings is 1. The van der Waals surface area contributed by atoms with Crippen LogP contribution >= 0.6 is 0 Å². The van der Waals surface area contributed by atoms with Crippen LogP contribution < -0.4 is 0 Å². The van der Waals surface area contributed by atoms with Gasteiger partial charge in [-0.3, -0.25) is 4.98 Å². The molecular formula is C18H14N2O. The quantitative estimate of drug-likeness (QED) is 0.508. The molecule has 0 unspecified atom stereocenters. The maximum Gasteiger partial charge on any atom is 0.227 e. The largest absolute Gasteiger partial charge is 0.437 e. The zero-order chi connectivity index (χ0) is 16.9. The third-order valence-corrected chi connectivity index (χ3v) is 3.61. The molecule has 3 heterocycles. The number of pyridine rings is 2. The number of rotatable bonds is 1. The first-order chi connectivity index (χ1) is 11.4. The minimum absolute atomic E-state index is 0.0472. The lowest BCUT2D eigenvalue weighted by Crippen LogP contribution is -1.83. The van der Waals surface area contributed by atoms with Gasteiger partial charge in [0, 0.05) is 27.0 Å². The van der Waals surface area contributed by atoms with E-state index >= 15 is 0 Å². The first kappa shape index (κ1) is 9.29. The molecule has 0 saturated heterocycles. The molecular weight excluding hydrogens is 260 g/mol. The van der Waals surface area contributed by atoms with Crippen molar-refractivity contribution in [2.45, 2.75) is 13.8 Å². The van der Waals surface area contributed by atoms with E-state index < -0.39 is 6.85 Å². The monoisotopic (exact) mass is 277 g/mol. The van der Waals surface area contributed by atoms with E-state index in [9.17, 15) is 0 Å². The third kappa shape index (κ3) is 1.82. The zero-order valence-corrected chi connectivity index (χ0v) is 11.4. The maximum absolute atomic E-state index is 7.58. The van der Waals surface area contributed by atoms with Crippen LogP contribution in [0.1, 0.15) is 15.4 Å². The SMILES string of the molecule is [2H]C([2H])([2H])c1cc(C)c2c(n1)oc1c(-c3ccccn3)cccc12. The molecule has 0 fully saturated rings. The topological polar surface area (TPSA) is 38.9 Å². The van der Waals surface area contributed by atoms with Gasteiger partial charge in [-0.05, 0) is 43.6 Å². The summed E-state index contributed by atoms with van der Waals surface area (Å²) in [6.45, 7) is -0.386. The van der Waals surface area contributed by atoms with Crippen molar-refractivity contribution in [3.8, 4) is 11.3 Å². The summed E-state index contributed by atoms with van der Waals surface area (Å²) >= 11 is 0. The van der Waals surface area contributed by atoms with Gasteiger partial charge < -0.3 is 4.42 Å². The Balaban J connectivity index is 2.07. The smallest absolute Gasteiger partial charge is 0.227 e. The Kier molecular flexibility index (Phi) is 1.95.